The number of guanidine groups is 1. The van der Waals surface area contributed by atoms with Crippen LogP contribution in [0.4, 0.5) is 0 Å². The molecule has 1 atom stereocenters. The molecule has 1 fully saturated rings. The van der Waals surface area contributed by atoms with Gasteiger partial charge in [-0.3, -0.25) is 9.89 Å². The topological polar surface area (TPSA) is 48.9 Å². The van der Waals surface area contributed by atoms with Crippen molar-refractivity contribution in [3.8, 4) is 0 Å². The number of ether oxygens (including phenoxy) is 1. The zero-order valence-corrected chi connectivity index (χ0v) is 21.5. The first kappa shape index (κ1) is 24.6. The minimum absolute atomic E-state index is 0. The van der Waals surface area contributed by atoms with Crippen LogP contribution in [-0.2, 0) is 10.2 Å². The molecule has 162 valence electrons. The lowest BCUT2D eigenvalue weighted by molar-refractivity contribution is 0.0177. The minimum atomic E-state index is 0. The molecule has 2 N–H and O–H groups in total. The SMILES string of the molecule is CCNC(=NCC(C)(C)c1cccs1)NCC(c1cccs1)N1CCOCC1.I. The molecule has 1 aliphatic heterocycles. The quantitative estimate of drug-likeness (QED) is 0.293. The van der Waals surface area contributed by atoms with E-state index in [9.17, 15) is 0 Å². The van der Waals surface area contributed by atoms with Crippen molar-refractivity contribution in [3.05, 3.63) is 44.8 Å². The van der Waals surface area contributed by atoms with Crippen molar-refractivity contribution < 1.29 is 4.74 Å². The Morgan fingerprint density at radius 2 is 1.90 bits per heavy atom. The smallest absolute Gasteiger partial charge is 0.191 e. The maximum atomic E-state index is 5.55. The molecule has 3 heterocycles. The molecule has 8 heteroatoms. The number of morpholine rings is 1. The fraction of sp³-hybridized carbons (Fsp3) is 0.571. The summed E-state index contributed by atoms with van der Waals surface area (Å²) in [7, 11) is 0. The minimum Gasteiger partial charge on any atom is -0.379 e. The predicted octanol–water partition coefficient (Wildman–Crippen LogP) is 4.33. The molecule has 0 radical (unpaired) electrons. The Morgan fingerprint density at radius 1 is 1.17 bits per heavy atom. The summed E-state index contributed by atoms with van der Waals surface area (Å²) < 4.78 is 5.55. The van der Waals surface area contributed by atoms with Crippen LogP contribution in [0.2, 0.25) is 0 Å². The number of halogens is 1. The highest BCUT2D eigenvalue weighted by atomic mass is 127. The lowest BCUT2D eigenvalue weighted by atomic mass is 9.92. The number of nitrogens with zero attached hydrogens (tertiary/aromatic N) is 2. The van der Waals surface area contributed by atoms with Crippen molar-refractivity contribution in [3.63, 3.8) is 0 Å². The number of thiophene rings is 2. The summed E-state index contributed by atoms with van der Waals surface area (Å²) in [6.45, 7) is 12.6. The van der Waals surface area contributed by atoms with Gasteiger partial charge in [0.1, 0.15) is 0 Å². The van der Waals surface area contributed by atoms with Crippen molar-refractivity contribution in [2.75, 3.05) is 45.9 Å². The van der Waals surface area contributed by atoms with Gasteiger partial charge >= 0.3 is 0 Å². The van der Waals surface area contributed by atoms with Crippen LogP contribution >= 0.6 is 46.7 Å². The van der Waals surface area contributed by atoms with Gasteiger partial charge in [-0.05, 0) is 29.8 Å². The van der Waals surface area contributed by atoms with E-state index in [1.165, 1.54) is 9.75 Å². The van der Waals surface area contributed by atoms with E-state index in [2.05, 4.69) is 71.3 Å². The molecule has 0 bridgehead atoms. The summed E-state index contributed by atoms with van der Waals surface area (Å²) in [5.74, 6) is 0.891. The van der Waals surface area contributed by atoms with Crippen LogP contribution in [0.5, 0.6) is 0 Å². The number of hydrogen-bond acceptors (Lipinski definition) is 5. The maximum absolute atomic E-state index is 5.55. The summed E-state index contributed by atoms with van der Waals surface area (Å²) >= 11 is 3.63. The Morgan fingerprint density at radius 3 is 2.52 bits per heavy atom. The lowest BCUT2D eigenvalue weighted by Crippen LogP contribution is -2.46. The first-order valence-corrected chi connectivity index (χ1v) is 11.8. The van der Waals surface area contributed by atoms with Crippen LogP contribution in [0, 0.1) is 0 Å². The summed E-state index contributed by atoms with van der Waals surface area (Å²) in [5.41, 5.74) is 0.0356. The number of rotatable bonds is 8. The molecule has 0 aliphatic carbocycles. The predicted molar refractivity (Wildman–Crippen MR) is 136 cm³/mol. The van der Waals surface area contributed by atoms with E-state index in [1.807, 2.05) is 11.3 Å². The van der Waals surface area contributed by atoms with Crippen LogP contribution in [0.3, 0.4) is 0 Å². The molecule has 2 aromatic rings. The summed E-state index contributed by atoms with van der Waals surface area (Å²) in [5, 5.41) is 11.3. The molecule has 0 spiro atoms. The number of nitrogens with one attached hydrogen (secondary N) is 2. The summed E-state index contributed by atoms with van der Waals surface area (Å²) in [6, 6.07) is 9.03. The van der Waals surface area contributed by atoms with E-state index in [1.54, 1.807) is 11.3 Å². The first-order chi connectivity index (χ1) is 13.6. The third kappa shape index (κ3) is 7.20. The average Bonchev–Trinajstić information content (AvgIpc) is 3.41. The highest BCUT2D eigenvalue weighted by Gasteiger charge is 2.24. The molecule has 5 nitrogen and oxygen atoms in total. The molecular weight excluding hydrogens is 515 g/mol. The molecule has 29 heavy (non-hydrogen) atoms. The van der Waals surface area contributed by atoms with E-state index in [4.69, 9.17) is 9.73 Å². The zero-order valence-electron chi connectivity index (χ0n) is 17.5. The monoisotopic (exact) mass is 548 g/mol. The normalized spacial score (nSPS) is 16.9. The van der Waals surface area contributed by atoms with Gasteiger partial charge in [-0.1, -0.05) is 26.0 Å². The molecule has 3 rings (SSSR count). The Kier molecular flexibility index (Phi) is 10.4. The van der Waals surface area contributed by atoms with Gasteiger partial charge in [0.2, 0.25) is 0 Å². The van der Waals surface area contributed by atoms with Gasteiger partial charge in [0.05, 0.1) is 25.8 Å². The molecule has 2 aromatic heterocycles. The van der Waals surface area contributed by atoms with Crippen LogP contribution in [0.15, 0.2) is 40.0 Å². The van der Waals surface area contributed by atoms with E-state index >= 15 is 0 Å². The Balaban J connectivity index is 0.00000300. The van der Waals surface area contributed by atoms with Crippen LogP contribution < -0.4 is 10.6 Å². The first-order valence-electron chi connectivity index (χ1n) is 10.0. The van der Waals surface area contributed by atoms with Crippen LogP contribution in [0.25, 0.3) is 0 Å². The van der Waals surface area contributed by atoms with Gasteiger partial charge in [-0.25, -0.2) is 0 Å². The van der Waals surface area contributed by atoms with Crippen LogP contribution in [-0.4, -0.2) is 56.8 Å². The van der Waals surface area contributed by atoms with Crippen LogP contribution in [0.1, 0.15) is 36.6 Å². The Labute approximate surface area is 200 Å². The number of aliphatic imine (C=N–C) groups is 1. The molecule has 0 saturated carbocycles. The van der Waals surface area contributed by atoms with Gasteiger partial charge < -0.3 is 15.4 Å². The Hall–Kier alpha value is -0.680. The summed E-state index contributed by atoms with van der Waals surface area (Å²) in [4.78, 5) is 10.2. The van der Waals surface area contributed by atoms with Crippen molar-refractivity contribution in [1.29, 1.82) is 0 Å². The highest BCUT2D eigenvalue weighted by Crippen LogP contribution is 2.28. The van der Waals surface area contributed by atoms with Gasteiger partial charge in [-0.15, -0.1) is 46.7 Å². The number of hydrogen-bond donors (Lipinski definition) is 2. The standard InChI is InChI=1S/C21H32N4OS2.HI/c1-4-22-20(24-16-21(2,3)19-8-6-14-28-19)23-15-17(18-7-5-13-27-18)25-9-11-26-12-10-25;/h5-8,13-14,17H,4,9-12,15-16H2,1-3H3,(H2,22,23,24);1H. The third-order valence-electron chi connectivity index (χ3n) is 4.99. The fourth-order valence-electron chi connectivity index (χ4n) is 3.33. The van der Waals surface area contributed by atoms with E-state index in [0.717, 1.165) is 51.9 Å². The van der Waals surface area contributed by atoms with Gasteiger partial charge in [0.25, 0.3) is 0 Å². The van der Waals surface area contributed by atoms with Crippen molar-refractivity contribution in [2.45, 2.75) is 32.2 Å². The largest absolute Gasteiger partial charge is 0.379 e. The molecule has 0 amide bonds. The molecule has 1 saturated heterocycles. The van der Waals surface area contributed by atoms with E-state index in [0.29, 0.717) is 6.04 Å². The summed E-state index contributed by atoms with van der Waals surface area (Å²) in [6.07, 6.45) is 0. The molecule has 0 aromatic carbocycles. The maximum Gasteiger partial charge on any atom is 0.191 e. The van der Waals surface area contributed by atoms with Crippen molar-refractivity contribution >= 4 is 52.6 Å². The fourth-order valence-corrected chi connectivity index (χ4v) is 5.04. The van der Waals surface area contributed by atoms with Gasteiger partial charge in [0, 0.05) is 41.3 Å². The van der Waals surface area contributed by atoms with Crippen molar-refractivity contribution in [1.82, 2.24) is 15.5 Å². The zero-order chi connectivity index (χ0) is 19.8. The molecule has 1 unspecified atom stereocenters. The van der Waals surface area contributed by atoms with E-state index in [-0.39, 0.29) is 29.4 Å². The third-order valence-corrected chi connectivity index (χ3v) is 7.20. The lowest BCUT2D eigenvalue weighted by Gasteiger charge is -2.34. The van der Waals surface area contributed by atoms with Gasteiger partial charge in [-0.2, -0.15) is 0 Å². The molecular formula is C21H33IN4OS2. The molecule has 1 aliphatic rings. The highest BCUT2D eigenvalue weighted by molar-refractivity contribution is 14.0. The second kappa shape index (κ2) is 12.2. The van der Waals surface area contributed by atoms with E-state index < -0.39 is 0 Å². The second-order valence-electron chi connectivity index (χ2n) is 7.62. The average molecular weight is 549 g/mol. The second-order valence-corrected chi connectivity index (χ2v) is 9.54. The van der Waals surface area contributed by atoms with Gasteiger partial charge in [0.15, 0.2) is 5.96 Å². The van der Waals surface area contributed by atoms with Crippen molar-refractivity contribution in [2.24, 2.45) is 4.99 Å². The Bertz CT molecular complexity index is 713.